The fraction of sp³-hybridized carbons (Fsp3) is 0.111. The van der Waals surface area contributed by atoms with Crippen LogP contribution >= 0.6 is 11.8 Å². The largest absolute Gasteiger partial charge is 0.497 e. The predicted octanol–water partition coefficient (Wildman–Crippen LogP) is 2.15. The van der Waals surface area contributed by atoms with Crippen molar-refractivity contribution in [3.05, 3.63) is 58.9 Å². The first-order chi connectivity index (χ1) is 13.1. The van der Waals surface area contributed by atoms with Crippen LogP contribution in [0, 0.1) is 0 Å². The van der Waals surface area contributed by atoms with Crippen LogP contribution in [0.3, 0.4) is 0 Å². The van der Waals surface area contributed by atoms with Crippen molar-refractivity contribution in [1.82, 2.24) is 15.2 Å². The highest BCUT2D eigenvalue weighted by molar-refractivity contribution is 7.99. The van der Waals surface area contributed by atoms with Gasteiger partial charge in [-0.25, -0.2) is 0 Å². The SMILES string of the molecule is COc1cccc(NC(=O)CSc2nnc(-c3ccccc3N)c(=O)[nH]2)c1. The molecule has 0 bridgehead atoms. The summed E-state index contributed by atoms with van der Waals surface area (Å²) in [7, 11) is 1.55. The minimum Gasteiger partial charge on any atom is -0.497 e. The molecule has 3 rings (SSSR count). The van der Waals surface area contributed by atoms with Gasteiger partial charge in [0.15, 0.2) is 10.9 Å². The lowest BCUT2D eigenvalue weighted by molar-refractivity contribution is -0.113. The Bertz CT molecular complexity index is 1020. The first kappa shape index (κ1) is 18.5. The van der Waals surface area contributed by atoms with E-state index in [0.717, 1.165) is 11.8 Å². The van der Waals surface area contributed by atoms with Crippen molar-refractivity contribution in [3.63, 3.8) is 0 Å². The number of ether oxygens (including phenoxy) is 1. The molecule has 0 unspecified atom stereocenters. The lowest BCUT2D eigenvalue weighted by Gasteiger charge is -2.07. The molecule has 0 spiro atoms. The lowest BCUT2D eigenvalue weighted by Crippen LogP contribution is -2.17. The number of nitrogen functional groups attached to an aromatic ring is 1. The number of carbonyl (C=O) groups excluding carboxylic acids is 1. The molecule has 8 nitrogen and oxygen atoms in total. The molecule has 0 fully saturated rings. The summed E-state index contributed by atoms with van der Waals surface area (Å²) in [5.41, 5.74) is 7.16. The molecule has 2 aromatic carbocycles. The van der Waals surface area contributed by atoms with Crippen molar-refractivity contribution >= 4 is 29.0 Å². The van der Waals surface area contributed by atoms with Crippen LogP contribution in [0.25, 0.3) is 11.3 Å². The molecule has 9 heteroatoms. The number of nitrogens with two attached hydrogens (primary N) is 1. The molecule has 0 saturated carbocycles. The topological polar surface area (TPSA) is 123 Å². The average Bonchev–Trinajstić information content (AvgIpc) is 2.67. The van der Waals surface area contributed by atoms with Crippen molar-refractivity contribution in [1.29, 1.82) is 0 Å². The van der Waals surface area contributed by atoms with E-state index in [-0.39, 0.29) is 22.5 Å². The second-order valence-corrected chi connectivity index (χ2v) is 6.43. The fourth-order valence-corrected chi connectivity index (χ4v) is 2.91. The Morgan fingerprint density at radius 2 is 2.04 bits per heavy atom. The molecule has 27 heavy (non-hydrogen) atoms. The monoisotopic (exact) mass is 383 g/mol. The Balaban J connectivity index is 1.64. The van der Waals surface area contributed by atoms with E-state index in [4.69, 9.17) is 10.5 Å². The highest BCUT2D eigenvalue weighted by Crippen LogP contribution is 2.21. The zero-order chi connectivity index (χ0) is 19.2. The normalized spacial score (nSPS) is 10.4. The van der Waals surface area contributed by atoms with Gasteiger partial charge >= 0.3 is 0 Å². The highest BCUT2D eigenvalue weighted by Gasteiger charge is 2.12. The molecule has 1 aromatic heterocycles. The van der Waals surface area contributed by atoms with E-state index in [1.807, 2.05) is 0 Å². The van der Waals surface area contributed by atoms with Crippen LogP contribution < -0.4 is 21.3 Å². The van der Waals surface area contributed by atoms with Crippen molar-refractivity contribution in [3.8, 4) is 17.0 Å². The number of nitrogens with one attached hydrogen (secondary N) is 2. The number of hydrogen-bond donors (Lipinski definition) is 3. The maximum atomic E-state index is 12.3. The van der Waals surface area contributed by atoms with Gasteiger partial charge in [-0.2, -0.15) is 0 Å². The number of thioether (sulfide) groups is 1. The number of rotatable bonds is 6. The Hall–Kier alpha value is -3.33. The van der Waals surface area contributed by atoms with Crippen LogP contribution in [0.4, 0.5) is 11.4 Å². The number of H-pyrrole nitrogens is 1. The standard InChI is InChI=1S/C18H17N5O3S/c1-26-12-6-4-5-11(9-12)20-15(24)10-27-18-21-17(25)16(22-23-18)13-7-2-3-8-14(13)19/h2-9H,10,19H2,1H3,(H,20,24)(H,21,23,25). The third-order valence-corrected chi connectivity index (χ3v) is 4.45. The Morgan fingerprint density at radius 1 is 1.22 bits per heavy atom. The van der Waals surface area contributed by atoms with Gasteiger partial charge in [-0.15, -0.1) is 10.2 Å². The summed E-state index contributed by atoms with van der Waals surface area (Å²) in [6.45, 7) is 0. The van der Waals surface area contributed by atoms with Gasteiger partial charge in [-0.1, -0.05) is 36.0 Å². The lowest BCUT2D eigenvalue weighted by atomic mass is 10.1. The fourth-order valence-electron chi connectivity index (χ4n) is 2.31. The van der Waals surface area contributed by atoms with Crippen molar-refractivity contribution < 1.29 is 9.53 Å². The average molecular weight is 383 g/mol. The van der Waals surface area contributed by atoms with Gasteiger partial charge in [0, 0.05) is 23.0 Å². The van der Waals surface area contributed by atoms with Gasteiger partial charge in [-0.05, 0) is 18.2 Å². The summed E-state index contributed by atoms with van der Waals surface area (Å²) in [5.74, 6) is 0.466. The van der Waals surface area contributed by atoms with E-state index in [2.05, 4.69) is 20.5 Å². The summed E-state index contributed by atoms with van der Waals surface area (Å²) in [6.07, 6.45) is 0. The number of carbonyl (C=O) groups is 1. The third-order valence-electron chi connectivity index (χ3n) is 3.59. The van der Waals surface area contributed by atoms with Crippen LogP contribution in [0.1, 0.15) is 0 Å². The van der Waals surface area contributed by atoms with Crippen LogP contribution in [-0.2, 0) is 4.79 Å². The molecule has 0 atom stereocenters. The number of methoxy groups -OCH3 is 1. The van der Waals surface area contributed by atoms with Gasteiger partial charge in [0.1, 0.15) is 5.75 Å². The van der Waals surface area contributed by atoms with Crippen molar-refractivity contribution in [2.75, 3.05) is 23.9 Å². The Morgan fingerprint density at radius 3 is 2.78 bits per heavy atom. The first-order valence-corrected chi connectivity index (χ1v) is 8.94. The molecule has 1 amide bonds. The molecular formula is C18H17N5O3S. The number of anilines is 2. The molecule has 0 aliphatic rings. The van der Waals surface area contributed by atoms with E-state index < -0.39 is 5.56 Å². The molecule has 0 saturated heterocycles. The van der Waals surface area contributed by atoms with Crippen molar-refractivity contribution in [2.45, 2.75) is 5.16 Å². The van der Waals surface area contributed by atoms with Crippen LogP contribution in [0.5, 0.6) is 5.75 Å². The second kappa shape index (κ2) is 8.37. The predicted molar refractivity (Wildman–Crippen MR) is 105 cm³/mol. The van der Waals surface area contributed by atoms with Gasteiger partial charge in [0.05, 0.1) is 12.9 Å². The molecule has 1 heterocycles. The molecule has 138 valence electrons. The van der Waals surface area contributed by atoms with E-state index in [1.165, 1.54) is 0 Å². The van der Waals surface area contributed by atoms with E-state index in [1.54, 1.807) is 55.6 Å². The van der Waals surface area contributed by atoms with Gasteiger partial charge in [0.2, 0.25) is 5.91 Å². The number of amides is 1. The molecule has 0 aliphatic heterocycles. The molecular weight excluding hydrogens is 366 g/mol. The van der Waals surface area contributed by atoms with E-state index in [9.17, 15) is 9.59 Å². The van der Waals surface area contributed by atoms with Crippen molar-refractivity contribution in [2.24, 2.45) is 0 Å². The second-order valence-electron chi connectivity index (χ2n) is 5.46. The smallest absolute Gasteiger partial charge is 0.278 e. The van der Waals surface area contributed by atoms with Gasteiger partial charge in [-0.3, -0.25) is 14.6 Å². The van der Waals surface area contributed by atoms with Crippen LogP contribution in [0.15, 0.2) is 58.5 Å². The minimum atomic E-state index is -0.418. The number of nitrogens with zero attached hydrogens (tertiary/aromatic N) is 2. The maximum Gasteiger partial charge on any atom is 0.278 e. The highest BCUT2D eigenvalue weighted by atomic mass is 32.2. The number of hydrogen-bond acceptors (Lipinski definition) is 7. The molecule has 4 N–H and O–H groups in total. The molecule has 3 aromatic rings. The number of benzene rings is 2. The Kier molecular flexibility index (Phi) is 5.72. The zero-order valence-corrected chi connectivity index (χ0v) is 15.2. The van der Waals surface area contributed by atoms with Crippen LogP contribution in [-0.4, -0.2) is 34.0 Å². The summed E-state index contributed by atoms with van der Waals surface area (Å²) in [6, 6.07) is 13.9. The summed E-state index contributed by atoms with van der Waals surface area (Å²) >= 11 is 1.08. The third kappa shape index (κ3) is 4.64. The summed E-state index contributed by atoms with van der Waals surface area (Å²) < 4.78 is 5.11. The van der Waals surface area contributed by atoms with Gasteiger partial charge < -0.3 is 15.8 Å². The van der Waals surface area contributed by atoms with E-state index >= 15 is 0 Å². The number of para-hydroxylation sites is 1. The molecule has 0 radical (unpaired) electrons. The maximum absolute atomic E-state index is 12.3. The summed E-state index contributed by atoms with van der Waals surface area (Å²) in [5, 5.41) is 10.9. The Labute approximate surface area is 159 Å². The van der Waals surface area contributed by atoms with Crippen LogP contribution in [0.2, 0.25) is 0 Å². The zero-order valence-electron chi connectivity index (χ0n) is 14.4. The molecule has 0 aliphatic carbocycles. The first-order valence-electron chi connectivity index (χ1n) is 7.95. The summed E-state index contributed by atoms with van der Waals surface area (Å²) in [4.78, 5) is 26.9. The number of aromatic amines is 1. The number of aromatic nitrogens is 3. The quantitative estimate of drug-likeness (QED) is 0.440. The van der Waals surface area contributed by atoms with Gasteiger partial charge in [0.25, 0.3) is 5.56 Å². The minimum absolute atomic E-state index is 0.0641. The van der Waals surface area contributed by atoms with E-state index in [0.29, 0.717) is 22.7 Å².